The fourth-order valence-corrected chi connectivity index (χ4v) is 5.50. The topological polar surface area (TPSA) is 0 Å². The van der Waals surface area contributed by atoms with Crippen molar-refractivity contribution < 1.29 is 0 Å². The second kappa shape index (κ2) is 8.14. The highest BCUT2D eigenvalue weighted by Crippen LogP contribution is 2.35. The quantitative estimate of drug-likeness (QED) is 0.377. The Morgan fingerprint density at radius 3 is 1.59 bits per heavy atom. The molecule has 0 radical (unpaired) electrons. The Morgan fingerprint density at radius 1 is 0.704 bits per heavy atom. The molecule has 0 aliphatic carbocycles. The van der Waals surface area contributed by atoms with Gasteiger partial charge in [0.1, 0.15) is 0 Å². The molecule has 0 aliphatic heterocycles. The van der Waals surface area contributed by atoms with Crippen LogP contribution in [0.25, 0.3) is 0 Å². The smallest absolute Gasteiger partial charge is 0.0119 e. The number of thioether (sulfide) groups is 1. The second-order valence-corrected chi connectivity index (χ2v) is 12.6. The molecule has 0 heterocycles. The van der Waals surface area contributed by atoms with E-state index in [-0.39, 0.29) is 16.2 Å². The van der Waals surface area contributed by atoms with E-state index in [4.69, 9.17) is 0 Å². The minimum atomic E-state index is 0.120. The van der Waals surface area contributed by atoms with Gasteiger partial charge < -0.3 is 0 Å². The second-order valence-electron chi connectivity index (χ2n) is 10.3. The summed E-state index contributed by atoms with van der Waals surface area (Å²) in [5, 5.41) is 3.82. The first-order chi connectivity index (χ1) is 12.3. The lowest BCUT2D eigenvalue weighted by Crippen LogP contribution is -2.29. The number of hydrogen-bond acceptors (Lipinski definition) is 1. The zero-order valence-electron chi connectivity index (χ0n) is 18.5. The summed E-state index contributed by atoms with van der Waals surface area (Å²) in [7, 11) is 1.29. The number of benzene rings is 2. The third-order valence-electron chi connectivity index (χ3n) is 4.71. The molecule has 0 aliphatic rings. The van der Waals surface area contributed by atoms with Gasteiger partial charge >= 0.3 is 0 Å². The van der Waals surface area contributed by atoms with Crippen LogP contribution < -0.4 is 5.30 Å². The van der Waals surface area contributed by atoms with Crippen LogP contribution >= 0.6 is 20.0 Å². The maximum atomic E-state index is 2.46. The molecule has 146 valence electrons. The first-order valence-corrected chi connectivity index (χ1v) is 11.6. The Balaban J connectivity index is 2.62. The molecule has 0 amide bonds. The maximum Gasteiger partial charge on any atom is 0.0119 e. The minimum absolute atomic E-state index is 0.120. The monoisotopic (exact) mass is 398 g/mol. The van der Waals surface area contributed by atoms with Crippen molar-refractivity contribution in [2.45, 2.75) is 83.5 Å². The normalized spacial score (nSPS) is 13.4. The van der Waals surface area contributed by atoms with E-state index in [1.54, 1.807) is 0 Å². The molecule has 0 fully saturated rings. The SMILES string of the molecule is CC(C)(C)c1cc(C(C)(C)C)c(P=CSc2ccccc2)c(C(C)(C)C)c1. The number of hydrogen-bond donors (Lipinski definition) is 0. The van der Waals surface area contributed by atoms with E-state index < -0.39 is 0 Å². The number of rotatable bonds is 3. The molecule has 0 bridgehead atoms. The Hall–Kier alpha value is -1.04. The summed E-state index contributed by atoms with van der Waals surface area (Å²) in [6.45, 7) is 21.0. The highest BCUT2D eigenvalue weighted by molar-refractivity contribution is 8.16. The highest BCUT2D eigenvalue weighted by Gasteiger charge is 2.28. The molecule has 0 unspecified atom stereocenters. The first-order valence-electron chi connectivity index (χ1n) is 9.74. The average molecular weight is 399 g/mol. The van der Waals surface area contributed by atoms with Gasteiger partial charge in [-0.25, -0.2) is 0 Å². The van der Waals surface area contributed by atoms with Crippen molar-refractivity contribution >= 4 is 30.4 Å². The van der Waals surface area contributed by atoms with Crippen LogP contribution in [0.3, 0.4) is 0 Å². The van der Waals surface area contributed by atoms with Crippen LogP contribution in [0.2, 0.25) is 0 Å². The van der Waals surface area contributed by atoms with Gasteiger partial charge in [-0.15, -0.1) is 0 Å². The van der Waals surface area contributed by atoms with Crippen LogP contribution in [0.5, 0.6) is 0 Å². The van der Waals surface area contributed by atoms with Crippen LogP contribution in [0, 0.1) is 0 Å². The lowest BCUT2D eigenvalue weighted by atomic mass is 9.75. The predicted molar refractivity (Wildman–Crippen MR) is 127 cm³/mol. The molecule has 2 aromatic carbocycles. The van der Waals surface area contributed by atoms with Gasteiger partial charge in [-0.2, -0.15) is 0 Å². The molecule has 27 heavy (non-hydrogen) atoms. The van der Waals surface area contributed by atoms with Crippen molar-refractivity contribution in [1.29, 1.82) is 0 Å². The van der Waals surface area contributed by atoms with E-state index in [0.717, 1.165) is 0 Å². The molecule has 0 atom stereocenters. The van der Waals surface area contributed by atoms with Crippen molar-refractivity contribution in [3.63, 3.8) is 0 Å². The molecule has 2 aromatic rings. The van der Waals surface area contributed by atoms with Gasteiger partial charge in [0.2, 0.25) is 0 Å². The lowest BCUT2D eigenvalue weighted by Gasteiger charge is -2.32. The van der Waals surface area contributed by atoms with Crippen LogP contribution in [0.15, 0.2) is 47.4 Å². The van der Waals surface area contributed by atoms with Gasteiger partial charge in [-0.3, -0.25) is 0 Å². The van der Waals surface area contributed by atoms with Gasteiger partial charge in [0, 0.05) is 15.3 Å². The van der Waals surface area contributed by atoms with Gasteiger partial charge in [0.25, 0.3) is 0 Å². The van der Waals surface area contributed by atoms with Crippen molar-refractivity contribution in [2.24, 2.45) is 0 Å². The van der Waals surface area contributed by atoms with Crippen molar-refractivity contribution in [3.8, 4) is 0 Å². The lowest BCUT2D eigenvalue weighted by molar-refractivity contribution is 0.554. The van der Waals surface area contributed by atoms with Crippen molar-refractivity contribution in [3.05, 3.63) is 59.2 Å². The van der Waals surface area contributed by atoms with Crippen molar-refractivity contribution in [2.75, 3.05) is 0 Å². The largest absolute Gasteiger partial charge is 0.0931 e. The summed E-state index contributed by atoms with van der Waals surface area (Å²) < 4.78 is 0. The van der Waals surface area contributed by atoms with Crippen LogP contribution in [-0.2, 0) is 16.2 Å². The molecule has 0 N–H and O–H groups in total. The third-order valence-corrected chi connectivity index (χ3v) is 6.83. The summed E-state index contributed by atoms with van der Waals surface area (Å²) in [5.41, 5.74) is 4.78. The van der Waals surface area contributed by atoms with Crippen LogP contribution in [-0.4, -0.2) is 5.13 Å². The van der Waals surface area contributed by atoms with Gasteiger partial charge in [-0.1, -0.05) is 113 Å². The fraction of sp³-hybridized carbons (Fsp3) is 0.480. The predicted octanol–water partition coefficient (Wildman–Crippen LogP) is 7.70. The van der Waals surface area contributed by atoms with Crippen LogP contribution in [0.4, 0.5) is 0 Å². The van der Waals surface area contributed by atoms with E-state index >= 15 is 0 Å². The summed E-state index contributed by atoms with van der Waals surface area (Å²) in [6, 6.07) is 15.5. The van der Waals surface area contributed by atoms with E-state index in [9.17, 15) is 0 Å². The van der Waals surface area contributed by atoms with Gasteiger partial charge in [-0.05, 0) is 45.1 Å². The standard InChI is InChI=1S/C25H35PS/c1-23(2,3)18-15-20(24(4,5)6)22(21(16-18)25(7,8)9)26-17-27-19-13-11-10-12-14-19/h10-17H,1-9H3. The van der Waals surface area contributed by atoms with E-state index in [1.807, 2.05) is 11.8 Å². The molecule has 0 saturated heterocycles. The molecular formula is C25H35PS. The summed E-state index contributed by atoms with van der Waals surface area (Å²) >= 11 is 1.83. The minimum Gasteiger partial charge on any atom is -0.0931 e. The molecule has 2 heteroatoms. The Kier molecular flexibility index (Phi) is 6.71. The first kappa shape index (κ1) is 22.3. The van der Waals surface area contributed by atoms with Crippen molar-refractivity contribution in [1.82, 2.24) is 0 Å². The highest BCUT2D eigenvalue weighted by atomic mass is 32.2. The van der Waals surface area contributed by atoms with E-state index in [0.29, 0.717) is 0 Å². The fourth-order valence-electron chi connectivity index (χ4n) is 2.99. The summed E-state index contributed by atoms with van der Waals surface area (Å²) in [5.74, 6) is 0. The average Bonchev–Trinajstić information content (AvgIpc) is 2.52. The Bertz CT molecular complexity index is 762. The summed E-state index contributed by atoms with van der Waals surface area (Å²) in [6.07, 6.45) is 0. The van der Waals surface area contributed by atoms with Gasteiger partial charge in [0.15, 0.2) is 0 Å². The molecule has 2 rings (SSSR count). The third kappa shape index (κ3) is 5.97. The van der Waals surface area contributed by atoms with E-state index in [2.05, 4.69) is 110 Å². The maximum absolute atomic E-state index is 2.46. The molecule has 0 nitrogen and oxygen atoms in total. The zero-order valence-corrected chi connectivity index (χ0v) is 20.2. The van der Waals surface area contributed by atoms with E-state index in [1.165, 1.54) is 35.1 Å². The van der Waals surface area contributed by atoms with Gasteiger partial charge in [0.05, 0.1) is 0 Å². The molecule has 0 spiro atoms. The summed E-state index contributed by atoms with van der Waals surface area (Å²) in [4.78, 5) is 1.30. The molecule has 0 saturated carbocycles. The van der Waals surface area contributed by atoms with Crippen LogP contribution in [0.1, 0.15) is 79.0 Å². The molecular weight excluding hydrogens is 363 g/mol. The Morgan fingerprint density at radius 2 is 1.19 bits per heavy atom. The Labute approximate surface area is 173 Å². The molecule has 0 aromatic heterocycles. The zero-order chi connectivity index (χ0) is 20.5.